The third-order valence-corrected chi connectivity index (χ3v) is 5.40. The van der Waals surface area contributed by atoms with Crippen molar-refractivity contribution < 1.29 is 26.8 Å². The lowest BCUT2D eigenvalue weighted by atomic mass is 9.86. The number of pyridine rings is 1. The van der Waals surface area contributed by atoms with Gasteiger partial charge in [0.15, 0.2) is 11.8 Å². The number of alkyl halides is 3. The SMILES string of the molecule is Cc1cc(Cl)cnc1-c1cc(-c2ccc(F)c([C@]3(C)C[C@@H](C(F)(F)F)N=C(N)O3)c2)on1. The summed E-state index contributed by atoms with van der Waals surface area (Å²) < 4.78 is 65.4. The van der Waals surface area contributed by atoms with Crippen molar-refractivity contribution in [1.29, 1.82) is 0 Å². The van der Waals surface area contributed by atoms with Crippen LogP contribution >= 0.6 is 11.6 Å². The molecule has 1 aliphatic heterocycles. The normalized spacial score (nSPS) is 21.2. The Labute approximate surface area is 185 Å². The van der Waals surface area contributed by atoms with Crippen molar-refractivity contribution in [2.75, 3.05) is 0 Å². The molecule has 1 aliphatic rings. The number of halogens is 5. The maximum absolute atomic E-state index is 14.7. The Kier molecular flexibility index (Phi) is 5.36. The van der Waals surface area contributed by atoms with E-state index >= 15 is 0 Å². The van der Waals surface area contributed by atoms with Gasteiger partial charge in [0.25, 0.3) is 6.02 Å². The number of rotatable bonds is 3. The Morgan fingerprint density at radius 1 is 1.22 bits per heavy atom. The number of hydrogen-bond donors (Lipinski definition) is 1. The molecule has 4 rings (SSSR count). The maximum atomic E-state index is 14.7. The molecule has 0 bridgehead atoms. The minimum atomic E-state index is -4.65. The van der Waals surface area contributed by atoms with Crippen molar-refractivity contribution in [2.45, 2.75) is 38.1 Å². The van der Waals surface area contributed by atoms with Gasteiger partial charge in [0.1, 0.15) is 17.1 Å². The van der Waals surface area contributed by atoms with Crippen LogP contribution in [0.4, 0.5) is 17.6 Å². The van der Waals surface area contributed by atoms with Gasteiger partial charge in [-0.15, -0.1) is 0 Å². The third-order valence-electron chi connectivity index (χ3n) is 5.19. The van der Waals surface area contributed by atoms with Gasteiger partial charge in [-0.25, -0.2) is 9.38 Å². The molecule has 0 saturated carbocycles. The van der Waals surface area contributed by atoms with Crippen molar-refractivity contribution >= 4 is 17.6 Å². The van der Waals surface area contributed by atoms with Crippen LogP contribution in [-0.2, 0) is 10.3 Å². The quantitative estimate of drug-likeness (QED) is 0.521. The number of amidine groups is 1. The Morgan fingerprint density at radius 3 is 2.66 bits per heavy atom. The standard InChI is InChI=1S/C21H17ClF4N4O2/c1-10-5-12(22)9-28-18(10)15-7-16(32-30-15)11-3-4-14(23)13(6-11)20(2)8-17(21(24,25)26)29-19(27)31-20/h3-7,9,17H,8H2,1-2H3,(H2,27,29)/t17-,20-/m0/s1. The number of nitrogens with zero attached hydrogens (tertiary/aromatic N) is 3. The predicted octanol–water partition coefficient (Wildman–Crippen LogP) is 5.39. The number of hydrogen-bond acceptors (Lipinski definition) is 6. The zero-order valence-electron chi connectivity index (χ0n) is 16.9. The molecular formula is C21H17ClF4N4O2. The molecule has 3 heterocycles. The fraction of sp³-hybridized carbons (Fsp3) is 0.286. The molecule has 2 atom stereocenters. The highest BCUT2D eigenvalue weighted by atomic mass is 35.5. The number of benzene rings is 1. The summed E-state index contributed by atoms with van der Waals surface area (Å²) >= 11 is 5.93. The van der Waals surface area contributed by atoms with Gasteiger partial charge in [0.05, 0.1) is 10.7 Å². The summed E-state index contributed by atoms with van der Waals surface area (Å²) in [6.07, 6.45) is -3.81. The fourth-order valence-electron chi connectivity index (χ4n) is 3.64. The maximum Gasteiger partial charge on any atom is 0.411 e. The molecule has 0 unspecified atom stereocenters. The molecule has 0 amide bonds. The van der Waals surface area contributed by atoms with Gasteiger partial charge in [-0.3, -0.25) is 4.98 Å². The van der Waals surface area contributed by atoms with Gasteiger partial charge in [-0.2, -0.15) is 13.2 Å². The van der Waals surface area contributed by atoms with E-state index in [0.717, 1.165) is 11.6 Å². The lowest BCUT2D eigenvalue weighted by molar-refractivity contribution is -0.164. The van der Waals surface area contributed by atoms with E-state index in [-0.39, 0.29) is 11.3 Å². The lowest BCUT2D eigenvalue weighted by Crippen LogP contribution is -2.46. The molecule has 32 heavy (non-hydrogen) atoms. The Balaban J connectivity index is 1.71. The molecule has 168 valence electrons. The van der Waals surface area contributed by atoms with Crippen molar-refractivity contribution in [2.24, 2.45) is 10.7 Å². The predicted molar refractivity (Wildman–Crippen MR) is 109 cm³/mol. The van der Waals surface area contributed by atoms with Crippen LogP contribution in [0, 0.1) is 12.7 Å². The van der Waals surface area contributed by atoms with Gasteiger partial charge in [0, 0.05) is 29.8 Å². The van der Waals surface area contributed by atoms with Crippen LogP contribution in [0.2, 0.25) is 5.02 Å². The van der Waals surface area contributed by atoms with Crippen molar-refractivity contribution in [3.8, 4) is 22.7 Å². The van der Waals surface area contributed by atoms with E-state index in [1.165, 1.54) is 25.3 Å². The van der Waals surface area contributed by atoms with E-state index in [9.17, 15) is 17.6 Å². The summed E-state index contributed by atoms with van der Waals surface area (Å²) in [5, 5.41) is 4.47. The van der Waals surface area contributed by atoms with E-state index in [1.807, 2.05) is 6.92 Å². The summed E-state index contributed by atoms with van der Waals surface area (Å²) in [7, 11) is 0. The van der Waals surface area contributed by atoms with E-state index in [2.05, 4.69) is 15.1 Å². The first-order chi connectivity index (χ1) is 15.0. The first-order valence-electron chi connectivity index (χ1n) is 9.45. The molecule has 6 nitrogen and oxygen atoms in total. The smallest absolute Gasteiger partial charge is 0.411 e. The van der Waals surface area contributed by atoms with Crippen LogP contribution in [0.5, 0.6) is 0 Å². The molecule has 2 N–H and O–H groups in total. The molecule has 0 fully saturated rings. The minimum absolute atomic E-state index is 0.110. The highest BCUT2D eigenvalue weighted by molar-refractivity contribution is 6.30. The van der Waals surface area contributed by atoms with Crippen molar-refractivity contribution in [1.82, 2.24) is 10.1 Å². The third kappa shape index (κ3) is 4.14. The van der Waals surface area contributed by atoms with Crippen molar-refractivity contribution in [3.63, 3.8) is 0 Å². The van der Waals surface area contributed by atoms with Gasteiger partial charge in [0.2, 0.25) is 0 Å². The highest BCUT2D eigenvalue weighted by Gasteiger charge is 2.49. The fourth-order valence-corrected chi connectivity index (χ4v) is 3.85. The number of aromatic nitrogens is 2. The van der Waals surface area contributed by atoms with Crippen LogP contribution in [-0.4, -0.2) is 28.4 Å². The molecule has 1 aromatic carbocycles. The van der Waals surface area contributed by atoms with Crippen LogP contribution in [0.1, 0.15) is 24.5 Å². The first kappa shape index (κ1) is 22.1. The van der Waals surface area contributed by atoms with Crippen LogP contribution in [0.3, 0.4) is 0 Å². The summed E-state index contributed by atoms with van der Waals surface area (Å²) in [6, 6.07) is 4.45. The van der Waals surface area contributed by atoms with E-state index in [1.54, 1.807) is 12.1 Å². The second-order valence-electron chi connectivity index (χ2n) is 7.65. The lowest BCUT2D eigenvalue weighted by Gasteiger charge is -2.37. The Bertz CT molecular complexity index is 1210. The number of aryl methyl sites for hydroxylation is 1. The van der Waals surface area contributed by atoms with Gasteiger partial charge < -0.3 is 15.0 Å². The highest BCUT2D eigenvalue weighted by Crippen LogP contribution is 2.41. The molecular weight excluding hydrogens is 452 g/mol. The van der Waals surface area contributed by atoms with E-state index in [0.29, 0.717) is 22.0 Å². The number of aliphatic imine (C=N–C) groups is 1. The zero-order chi connectivity index (χ0) is 23.3. The molecule has 0 spiro atoms. The number of ether oxygens (including phenoxy) is 1. The zero-order valence-corrected chi connectivity index (χ0v) is 17.6. The van der Waals surface area contributed by atoms with Gasteiger partial charge in [-0.05, 0) is 43.7 Å². The average Bonchev–Trinajstić information content (AvgIpc) is 3.16. The molecule has 11 heteroatoms. The van der Waals surface area contributed by atoms with E-state index in [4.69, 9.17) is 26.6 Å². The topological polar surface area (TPSA) is 86.5 Å². The van der Waals surface area contributed by atoms with Gasteiger partial charge in [-0.1, -0.05) is 16.8 Å². The van der Waals surface area contributed by atoms with Crippen LogP contribution < -0.4 is 5.73 Å². The molecule has 2 aromatic heterocycles. The second kappa shape index (κ2) is 7.77. The molecule has 0 aliphatic carbocycles. The summed E-state index contributed by atoms with van der Waals surface area (Å²) in [5.41, 5.74) is 5.82. The van der Waals surface area contributed by atoms with Crippen LogP contribution in [0.25, 0.3) is 22.7 Å². The second-order valence-corrected chi connectivity index (χ2v) is 8.09. The molecule has 3 aromatic rings. The molecule has 0 saturated heterocycles. The number of nitrogens with two attached hydrogens (primary N) is 1. The van der Waals surface area contributed by atoms with Crippen molar-refractivity contribution in [3.05, 3.63) is 58.5 Å². The Morgan fingerprint density at radius 2 is 1.97 bits per heavy atom. The van der Waals surface area contributed by atoms with Gasteiger partial charge >= 0.3 is 6.18 Å². The largest absolute Gasteiger partial charge is 0.454 e. The first-order valence-corrected chi connectivity index (χ1v) is 9.83. The van der Waals surface area contributed by atoms with Crippen LogP contribution in [0.15, 0.2) is 46.0 Å². The summed E-state index contributed by atoms with van der Waals surface area (Å²) in [5.74, 6) is -0.479. The summed E-state index contributed by atoms with van der Waals surface area (Å²) in [4.78, 5) is 7.56. The molecule has 0 radical (unpaired) electrons. The monoisotopic (exact) mass is 468 g/mol. The minimum Gasteiger partial charge on any atom is -0.454 e. The van der Waals surface area contributed by atoms with E-state index < -0.39 is 36.1 Å². The summed E-state index contributed by atoms with van der Waals surface area (Å²) in [6.45, 7) is 3.14. The Hall–Kier alpha value is -3.14. The average molecular weight is 469 g/mol.